The highest BCUT2D eigenvalue weighted by atomic mass is 32.1. The minimum Gasteiger partial charge on any atom is -0.497 e. The van der Waals surface area contributed by atoms with Gasteiger partial charge in [-0.05, 0) is 50.1 Å². The number of aryl methyl sites for hydroxylation is 1. The Bertz CT molecular complexity index is 1120. The van der Waals surface area contributed by atoms with Crippen molar-refractivity contribution in [1.29, 1.82) is 0 Å². The number of ketones is 1. The molecule has 0 saturated heterocycles. The maximum Gasteiger partial charge on any atom is 0.268 e. The van der Waals surface area contributed by atoms with Crippen molar-refractivity contribution >= 4 is 28.7 Å². The van der Waals surface area contributed by atoms with Crippen molar-refractivity contribution in [3.63, 3.8) is 0 Å². The first-order valence-corrected chi connectivity index (χ1v) is 11.1. The van der Waals surface area contributed by atoms with Crippen LogP contribution in [0.5, 0.6) is 11.5 Å². The predicted octanol–water partition coefficient (Wildman–Crippen LogP) is 4.77. The van der Waals surface area contributed by atoms with E-state index in [-0.39, 0.29) is 18.2 Å². The summed E-state index contributed by atoms with van der Waals surface area (Å²) < 4.78 is 11.0. The van der Waals surface area contributed by atoms with E-state index in [1.54, 1.807) is 49.6 Å². The lowest BCUT2D eigenvalue weighted by Crippen LogP contribution is -2.46. The second-order valence-electron chi connectivity index (χ2n) is 7.40. The third-order valence-electron chi connectivity index (χ3n) is 5.17. The Labute approximate surface area is 185 Å². The van der Waals surface area contributed by atoms with Gasteiger partial charge in [0.25, 0.3) is 5.91 Å². The molecule has 31 heavy (non-hydrogen) atoms. The lowest BCUT2D eigenvalue weighted by atomic mass is 10.1. The van der Waals surface area contributed by atoms with Gasteiger partial charge in [-0.15, -0.1) is 11.3 Å². The molecule has 1 atom stereocenters. The summed E-state index contributed by atoms with van der Waals surface area (Å²) in [5, 5.41) is 3.10. The van der Waals surface area contributed by atoms with Crippen LogP contribution in [0.2, 0.25) is 0 Å². The molecule has 3 aromatic rings. The van der Waals surface area contributed by atoms with E-state index in [1.807, 2.05) is 23.6 Å². The van der Waals surface area contributed by atoms with E-state index in [0.717, 1.165) is 29.1 Å². The van der Waals surface area contributed by atoms with Gasteiger partial charge in [0.1, 0.15) is 11.5 Å². The summed E-state index contributed by atoms with van der Waals surface area (Å²) in [5.41, 5.74) is 2.83. The van der Waals surface area contributed by atoms with Gasteiger partial charge in [-0.1, -0.05) is 19.1 Å². The van der Waals surface area contributed by atoms with Gasteiger partial charge < -0.3 is 9.47 Å². The first-order chi connectivity index (χ1) is 15.0. The number of ether oxygens (including phenoxy) is 2. The van der Waals surface area contributed by atoms with Crippen LogP contribution >= 0.6 is 11.3 Å². The van der Waals surface area contributed by atoms with Crippen LogP contribution in [0, 0.1) is 0 Å². The quantitative estimate of drug-likeness (QED) is 0.499. The Hall–Kier alpha value is -3.19. The summed E-state index contributed by atoms with van der Waals surface area (Å²) >= 11 is 1.63. The van der Waals surface area contributed by atoms with Crippen LogP contribution in [0.15, 0.2) is 47.8 Å². The minimum atomic E-state index is -0.660. The van der Waals surface area contributed by atoms with Gasteiger partial charge in [-0.3, -0.25) is 14.5 Å². The van der Waals surface area contributed by atoms with Gasteiger partial charge in [-0.2, -0.15) is 0 Å². The molecule has 1 aliphatic heterocycles. The van der Waals surface area contributed by atoms with E-state index in [4.69, 9.17) is 14.5 Å². The Kier molecular flexibility index (Phi) is 6.04. The highest BCUT2D eigenvalue weighted by molar-refractivity contribution is 7.09. The van der Waals surface area contributed by atoms with Gasteiger partial charge >= 0.3 is 0 Å². The number of thiazole rings is 1. The van der Waals surface area contributed by atoms with E-state index in [2.05, 4.69) is 6.92 Å². The molecule has 0 spiro atoms. The standard InChI is InChI=1S/C24H24N2O4S/c1-4-6-23-25-19(14-31-23)16-9-10-22-20(12-16)26(24(28)15(2)30-22)13-21(27)17-7-5-8-18(11-17)29-3/h5,7-12,14-15H,4,6,13H2,1-3H3. The molecule has 0 radical (unpaired) electrons. The summed E-state index contributed by atoms with van der Waals surface area (Å²) in [4.78, 5) is 32.1. The molecule has 0 fully saturated rings. The summed E-state index contributed by atoms with van der Waals surface area (Å²) in [6.07, 6.45) is 1.32. The van der Waals surface area contributed by atoms with E-state index >= 15 is 0 Å². The molecule has 160 valence electrons. The molecular formula is C24H24N2O4S. The molecule has 2 aromatic carbocycles. The van der Waals surface area contributed by atoms with Crippen molar-refractivity contribution in [2.75, 3.05) is 18.6 Å². The zero-order chi connectivity index (χ0) is 22.0. The van der Waals surface area contributed by atoms with Crippen molar-refractivity contribution in [3.8, 4) is 22.8 Å². The fourth-order valence-electron chi connectivity index (χ4n) is 3.53. The van der Waals surface area contributed by atoms with Crippen LogP contribution in [0.1, 0.15) is 35.6 Å². The molecule has 7 heteroatoms. The lowest BCUT2D eigenvalue weighted by molar-refractivity contribution is -0.125. The van der Waals surface area contributed by atoms with Crippen LogP contribution in [0.3, 0.4) is 0 Å². The third kappa shape index (κ3) is 4.32. The minimum absolute atomic E-state index is 0.0751. The van der Waals surface area contributed by atoms with E-state index in [9.17, 15) is 9.59 Å². The van der Waals surface area contributed by atoms with Crippen molar-refractivity contribution in [1.82, 2.24) is 4.98 Å². The van der Waals surface area contributed by atoms with Crippen LogP contribution < -0.4 is 14.4 Å². The molecule has 6 nitrogen and oxygen atoms in total. The van der Waals surface area contributed by atoms with Crippen molar-refractivity contribution in [3.05, 3.63) is 58.4 Å². The smallest absolute Gasteiger partial charge is 0.268 e. The monoisotopic (exact) mass is 436 g/mol. The van der Waals surface area contributed by atoms with E-state index < -0.39 is 6.10 Å². The summed E-state index contributed by atoms with van der Waals surface area (Å²) in [5.74, 6) is 0.766. The second kappa shape index (κ2) is 8.89. The molecule has 0 N–H and O–H groups in total. The Morgan fingerprint density at radius 2 is 2.10 bits per heavy atom. The number of hydrogen-bond donors (Lipinski definition) is 0. The molecule has 1 unspecified atom stereocenters. The molecule has 0 saturated carbocycles. The number of methoxy groups -OCH3 is 1. The maximum absolute atomic E-state index is 13.0. The van der Waals surface area contributed by atoms with Crippen molar-refractivity contribution in [2.24, 2.45) is 0 Å². The number of hydrogen-bond acceptors (Lipinski definition) is 6. The molecule has 0 bridgehead atoms. The number of anilines is 1. The number of carbonyl (C=O) groups excluding carboxylic acids is 2. The fraction of sp³-hybridized carbons (Fsp3) is 0.292. The van der Waals surface area contributed by atoms with Crippen LogP contribution in [-0.4, -0.2) is 36.4 Å². The summed E-state index contributed by atoms with van der Waals surface area (Å²) in [6, 6.07) is 12.6. The number of benzene rings is 2. The summed E-state index contributed by atoms with van der Waals surface area (Å²) in [6.45, 7) is 3.75. The SMILES string of the molecule is CCCc1nc(-c2ccc3c(c2)N(CC(=O)c2cccc(OC)c2)C(=O)C(C)O3)cs1. The lowest BCUT2D eigenvalue weighted by Gasteiger charge is -2.33. The van der Waals surface area contributed by atoms with Gasteiger partial charge in [0, 0.05) is 16.5 Å². The van der Waals surface area contributed by atoms with Gasteiger partial charge in [0.2, 0.25) is 0 Å². The Morgan fingerprint density at radius 3 is 2.87 bits per heavy atom. The van der Waals surface area contributed by atoms with Crippen molar-refractivity contribution < 1.29 is 19.1 Å². The average molecular weight is 437 g/mol. The van der Waals surface area contributed by atoms with Crippen LogP contribution in [0.4, 0.5) is 5.69 Å². The largest absolute Gasteiger partial charge is 0.497 e. The van der Waals surface area contributed by atoms with Crippen molar-refractivity contribution in [2.45, 2.75) is 32.8 Å². The molecule has 4 rings (SSSR count). The maximum atomic E-state index is 13.0. The van der Waals surface area contributed by atoms with E-state index in [0.29, 0.717) is 22.7 Å². The topological polar surface area (TPSA) is 68.7 Å². The molecule has 1 aliphatic rings. The number of rotatable bonds is 7. The van der Waals surface area contributed by atoms with E-state index in [1.165, 1.54) is 4.90 Å². The van der Waals surface area contributed by atoms with Crippen LogP contribution in [-0.2, 0) is 11.2 Å². The van der Waals surface area contributed by atoms with Gasteiger partial charge in [-0.25, -0.2) is 4.98 Å². The number of nitrogens with zero attached hydrogens (tertiary/aromatic N) is 2. The Morgan fingerprint density at radius 1 is 1.26 bits per heavy atom. The predicted molar refractivity (Wildman–Crippen MR) is 121 cm³/mol. The molecular weight excluding hydrogens is 412 g/mol. The van der Waals surface area contributed by atoms with Gasteiger partial charge in [0.15, 0.2) is 11.9 Å². The fourth-order valence-corrected chi connectivity index (χ4v) is 4.44. The molecule has 2 heterocycles. The highest BCUT2D eigenvalue weighted by Crippen LogP contribution is 2.38. The summed E-state index contributed by atoms with van der Waals surface area (Å²) in [7, 11) is 1.55. The zero-order valence-electron chi connectivity index (χ0n) is 17.8. The number of amides is 1. The second-order valence-corrected chi connectivity index (χ2v) is 8.34. The first-order valence-electron chi connectivity index (χ1n) is 10.2. The highest BCUT2D eigenvalue weighted by Gasteiger charge is 2.33. The molecule has 1 aromatic heterocycles. The molecule has 1 amide bonds. The Balaban J connectivity index is 1.66. The average Bonchev–Trinajstić information content (AvgIpc) is 3.25. The van der Waals surface area contributed by atoms with Crippen LogP contribution in [0.25, 0.3) is 11.3 Å². The van der Waals surface area contributed by atoms with Gasteiger partial charge in [0.05, 0.1) is 30.0 Å². The first kappa shape index (κ1) is 21.1. The normalized spacial score (nSPS) is 15.4. The number of Topliss-reactive ketones (excluding diaryl/α,β-unsaturated/α-hetero) is 1. The third-order valence-corrected chi connectivity index (χ3v) is 6.08. The number of carbonyl (C=O) groups is 2. The molecule has 0 aliphatic carbocycles. The zero-order valence-corrected chi connectivity index (χ0v) is 18.6. The number of fused-ring (bicyclic) bond motifs is 1. The number of aromatic nitrogens is 1.